The van der Waals surface area contributed by atoms with Crippen LogP contribution in [0.2, 0.25) is 0 Å². The standard InChI is InChI=1S/C15H26N2O4/c1-11(12-3-2-4-16-9-12)7-14(18)17-5-6-21-10-13(17)8-15(19)20/h11-13,16H,2-10H2,1H3,(H,19,20). The third kappa shape index (κ3) is 4.68. The van der Waals surface area contributed by atoms with Gasteiger partial charge in [0.05, 0.1) is 25.7 Å². The van der Waals surface area contributed by atoms with E-state index >= 15 is 0 Å². The molecule has 3 unspecified atom stereocenters. The van der Waals surface area contributed by atoms with Crippen molar-refractivity contribution in [2.45, 2.75) is 38.6 Å². The molecular formula is C15H26N2O4. The predicted molar refractivity (Wildman–Crippen MR) is 77.9 cm³/mol. The van der Waals surface area contributed by atoms with Crippen LogP contribution in [-0.2, 0) is 14.3 Å². The minimum atomic E-state index is -0.882. The molecule has 3 atom stereocenters. The lowest BCUT2D eigenvalue weighted by molar-refractivity contribution is -0.147. The quantitative estimate of drug-likeness (QED) is 0.781. The molecule has 0 aromatic heterocycles. The van der Waals surface area contributed by atoms with Crippen molar-refractivity contribution in [3.8, 4) is 0 Å². The maximum absolute atomic E-state index is 12.5. The Morgan fingerprint density at radius 1 is 1.48 bits per heavy atom. The van der Waals surface area contributed by atoms with E-state index in [0.717, 1.165) is 13.1 Å². The van der Waals surface area contributed by atoms with Crippen LogP contribution in [0.1, 0.15) is 32.6 Å². The van der Waals surface area contributed by atoms with Crippen molar-refractivity contribution < 1.29 is 19.4 Å². The van der Waals surface area contributed by atoms with Gasteiger partial charge in [-0.25, -0.2) is 0 Å². The second-order valence-electron chi connectivity index (χ2n) is 6.20. The first-order chi connectivity index (χ1) is 10.1. The normalized spacial score (nSPS) is 28.1. The summed E-state index contributed by atoms with van der Waals surface area (Å²) in [6.45, 7) is 5.52. The second-order valence-corrected chi connectivity index (χ2v) is 6.20. The number of carbonyl (C=O) groups is 2. The van der Waals surface area contributed by atoms with Crippen LogP contribution < -0.4 is 5.32 Å². The summed E-state index contributed by atoms with van der Waals surface area (Å²) < 4.78 is 5.32. The summed E-state index contributed by atoms with van der Waals surface area (Å²) in [5, 5.41) is 12.3. The highest BCUT2D eigenvalue weighted by Gasteiger charge is 2.31. The molecule has 0 saturated carbocycles. The van der Waals surface area contributed by atoms with Crippen LogP contribution in [0.3, 0.4) is 0 Å². The molecule has 2 fully saturated rings. The number of hydrogen-bond donors (Lipinski definition) is 2. The lowest BCUT2D eigenvalue weighted by Crippen LogP contribution is -2.50. The van der Waals surface area contributed by atoms with Crippen molar-refractivity contribution in [2.24, 2.45) is 11.8 Å². The molecule has 21 heavy (non-hydrogen) atoms. The van der Waals surface area contributed by atoms with Crippen LogP contribution in [0, 0.1) is 11.8 Å². The van der Waals surface area contributed by atoms with E-state index in [2.05, 4.69) is 12.2 Å². The molecule has 120 valence electrons. The number of hydrogen-bond acceptors (Lipinski definition) is 4. The number of carbonyl (C=O) groups excluding carboxylic acids is 1. The van der Waals surface area contributed by atoms with Crippen molar-refractivity contribution in [3.63, 3.8) is 0 Å². The number of nitrogens with zero attached hydrogens (tertiary/aromatic N) is 1. The van der Waals surface area contributed by atoms with Crippen molar-refractivity contribution in [1.82, 2.24) is 10.2 Å². The molecule has 1 amide bonds. The average molecular weight is 298 g/mol. The lowest BCUT2D eigenvalue weighted by Gasteiger charge is -2.36. The Bertz CT molecular complexity index is 369. The van der Waals surface area contributed by atoms with E-state index in [1.807, 2.05) is 0 Å². The summed E-state index contributed by atoms with van der Waals surface area (Å²) >= 11 is 0. The first-order valence-corrected chi connectivity index (χ1v) is 7.87. The fourth-order valence-electron chi connectivity index (χ4n) is 3.28. The van der Waals surface area contributed by atoms with Gasteiger partial charge < -0.3 is 20.1 Å². The Balaban J connectivity index is 1.88. The Morgan fingerprint density at radius 2 is 2.29 bits per heavy atom. The number of piperidine rings is 1. The van der Waals surface area contributed by atoms with Gasteiger partial charge in [-0.2, -0.15) is 0 Å². The van der Waals surface area contributed by atoms with Crippen LogP contribution in [-0.4, -0.2) is 60.8 Å². The van der Waals surface area contributed by atoms with Crippen molar-refractivity contribution in [3.05, 3.63) is 0 Å². The Morgan fingerprint density at radius 3 is 2.95 bits per heavy atom. The van der Waals surface area contributed by atoms with Gasteiger partial charge in [0.2, 0.25) is 5.91 Å². The van der Waals surface area contributed by atoms with E-state index in [1.165, 1.54) is 12.8 Å². The number of morpholine rings is 1. The number of aliphatic carboxylic acids is 1. The minimum absolute atomic E-state index is 0.0366. The minimum Gasteiger partial charge on any atom is -0.481 e. The first kappa shape index (κ1) is 16.2. The highest BCUT2D eigenvalue weighted by Crippen LogP contribution is 2.24. The molecule has 0 spiro atoms. The fourth-order valence-corrected chi connectivity index (χ4v) is 3.28. The van der Waals surface area contributed by atoms with E-state index in [9.17, 15) is 9.59 Å². The molecule has 6 nitrogen and oxygen atoms in total. The first-order valence-electron chi connectivity index (χ1n) is 7.87. The molecular weight excluding hydrogens is 272 g/mol. The zero-order chi connectivity index (χ0) is 15.2. The molecule has 2 heterocycles. The number of carboxylic acid groups (broad SMARTS) is 1. The van der Waals surface area contributed by atoms with Gasteiger partial charge in [-0.05, 0) is 37.8 Å². The van der Waals surface area contributed by atoms with Crippen LogP contribution >= 0.6 is 0 Å². The predicted octanol–water partition coefficient (Wildman–Crippen LogP) is 0.714. The van der Waals surface area contributed by atoms with Crippen LogP contribution in [0.4, 0.5) is 0 Å². The number of rotatable bonds is 5. The van der Waals surface area contributed by atoms with Gasteiger partial charge in [0, 0.05) is 13.0 Å². The van der Waals surface area contributed by atoms with Gasteiger partial charge in [0.25, 0.3) is 0 Å². The SMILES string of the molecule is CC(CC(=O)N1CCOCC1CC(=O)O)C1CCCNC1. The number of carboxylic acids is 1. The number of nitrogens with one attached hydrogen (secondary N) is 1. The topological polar surface area (TPSA) is 78.9 Å². The molecule has 6 heteroatoms. The molecule has 2 saturated heterocycles. The van der Waals surface area contributed by atoms with Gasteiger partial charge in [0.15, 0.2) is 0 Å². The molecule has 2 N–H and O–H groups in total. The second kappa shape index (κ2) is 7.75. The Hall–Kier alpha value is -1.14. The zero-order valence-electron chi connectivity index (χ0n) is 12.7. The maximum atomic E-state index is 12.5. The molecule has 2 aliphatic rings. The molecule has 0 aliphatic carbocycles. The third-order valence-corrected chi connectivity index (χ3v) is 4.59. The van der Waals surface area contributed by atoms with Gasteiger partial charge in [0.1, 0.15) is 0 Å². The average Bonchev–Trinajstić information content (AvgIpc) is 2.48. The van der Waals surface area contributed by atoms with Crippen molar-refractivity contribution >= 4 is 11.9 Å². The molecule has 0 radical (unpaired) electrons. The number of ether oxygens (including phenoxy) is 1. The smallest absolute Gasteiger partial charge is 0.305 e. The largest absolute Gasteiger partial charge is 0.481 e. The van der Waals surface area contributed by atoms with Gasteiger partial charge in [-0.1, -0.05) is 6.92 Å². The summed E-state index contributed by atoms with van der Waals surface area (Å²) in [6.07, 6.45) is 2.80. The van der Waals surface area contributed by atoms with E-state index in [4.69, 9.17) is 9.84 Å². The van der Waals surface area contributed by atoms with Crippen LogP contribution in [0.25, 0.3) is 0 Å². The highest BCUT2D eigenvalue weighted by atomic mass is 16.5. The zero-order valence-corrected chi connectivity index (χ0v) is 12.7. The number of amides is 1. The Labute approximate surface area is 125 Å². The lowest BCUT2D eigenvalue weighted by atomic mass is 9.85. The van der Waals surface area contributed by atoms with E-state index in [0.29, 0.717) is 38.0 Å². The van der Waals surface area contributed by atoms with Gasteiger partial charge in [-0.3, -0.25) is 9.59 Å². The summed E-state index contributed by atoms with van der Waals surface area (Å²) in [5.41, 5.74) is 0. The molecule has 2 aliphatic heterocycles. The fraction of sp³-hybridized carbons (Fsp3) is 0.867. The van der Waals surface area contributed by atoms with E-state index < -0.39 is 5.97 Å². The molecule has 0 aromatic rings. The molecule has 2 rings (SSSR count). The summed E-state index contributed by atoms with van der Waals surface area (Å²) in [7, 11) is 0. The van der Waals surface area contributed by atoms with Crippen LogP contribution in [0.5, 0.6) is 0 Å². The highest BCUT2D eigenvalue weighted by molar-refractivity contribution is 5.78. The van der Waals surface area contributed by atoms with Crippen molar-refractivity contribution in [2.75, 3.05) is 32.8 Å². The third-order valence-electron chi connectivity index (χ3n) is 4.59. The van der Waals surface area contributed by atoms with Crippen LogP contribution in [0.15, 0.2) is 0 Å². The van der Waals surface area contributed by atoms with E-state index in [-0.39, 0.29) is 18.4 Å². The monoisotopic (exact) mass is 298 g/mol. The molecule has 0 bridgehead atoms. The van der Waals surface area contributed by atoms with Crippen molar-refractivity contribution in [1.29, 1.82) is 0 Å². The molecule has 0 aromatic carbocycles. The Kier molecular flexibility index (Phi) is 5.99. The maximum Gasteiger partial charge on any atom is 0.305 e. The summed E-state index contributed by atoms with van der Waals surface area (Å²) in [4.78, 5) is 25.1. The van der Waals surface area contributed by atoms with E-state index in [1.54, 1.807) is 4.90 Å². The van der Waals surface area contributed by atoms with Gasteiger partial charge in [-0.15, -0.1) is 0 Å². The summed E-state index contributed by atoms with van der Waals surface area (Å²) in [6, 6.07) is -0.319. The van der Waals surface area contributed by atoms with Gasteiger partial charge >= 0.3 is 5.97 Å². The summed E-state index contributed by atoms with van der Waals surface area (Å²) in [5.74, 6) is 0.0655.